The highest BCUT2D eigenvalue weighted by atomic mass is 19.1. The zero-order valence-electron chi connectivity index (χ0n) is 11.9. The normalized spacial score (nSPS) is 26.6. The van der Waals surface area contributed by atoms with Gasteiger partial charge in [0.1, 0.15) is 5.82 Å². The number of carbonyl (C=O) groups excluding carboxylic acids is 1. The van der Waals surface area contributed by atoms with E-state index in [1.165, 1.54) is 31.9 Å². The summed E-state index contributed by atoms with van der Waals surface area (Å²) >= 11 is 0. The topological polar surface area (TPSA) is 29.5 Å². The van der Waals surface area contributed by atoms with Crippen molar-refractivity contribution in [3.8, 4) is 0 Å². The third-order valence-corrected chi connectivity index (χ3v) is 4.11. The average Bonchev–Trinajstić information content (AvgIpc) is 3.22. The summed E-state index contributed by atoms with van der Waals surface area (Å²) in [5, 5.41) is 0. The Bertz CT molecular complexity index is 527. The highest BCUT2D eigenvalue weighted by molar-refractivity contribution is 5.99. The maximum Gasteiger partial charge on any atom is 0.161 e. The van der Waals surface area contributed by atoms with Gasteiger partial charge < -0.3 is 9.64 Å². The van der Waals surface area contributed by atoms with Crippen molar-refractivity contribution in [3.05, 3.63) is 29.6 Å². The lowest BCUT2D eigenvalue weighted by atomic mass is 10.1. The molecule has 1 saturated heterocycles. The van der Waals surface area contributed by atoms with E-state index in [2.05, 4.69) is 11.8 Å². The van der Waals surface area contributed by atoms with Gasteiger partial charge in [0.2, 0.25) is 0 Å². The van der Waals surface area contributed by atoms with Gasteiger partial charge in [-0.2, -0.15) is 0 Å². The minimum Gasteiger partial charge on any atom is -0.371 e. The molecule has 2 aliphatic rings. The maximum absolute atomic E-state index is 13.4. The number of ether oxygens (including phenoxy) is 1. The van der Waals surface area contributed by atoms with Crippen LogP contribution in [0, 0.1) is 11.7 Å². The Morgan fingerprint density at radius 3 is 2.75 bits per heavy atom. The number of ketones is 1. The highest BCUT2D eigenvalue weighted by Gasteiger charge is 2.37. The number of anilines is 1. The van der Waals surface area contributed by atoms with E-state index in [0.29, 0.717) is 11.5 Å². The first kappa shape index (κ1) is 13.6. The summed E-state index contributed by atoms with van der Waals surface area (Å²) in [5.41, 5.74) is 1.30. The van der Waals surface area contributed by atoms with Crippen molar-refractivity contribution in [2.45, 2.75) is 38.9 Å². The van der Waals surface area contributed by atoms with Crippen molar-refractivity contribution in [2.75, 3.05) is 18.0 Å². The third kappa shape index (κ3) is 2.70. The van der Waals surface area contributed by atoms with Crippen LogP contribution in [0.2, 0.25) is 0 Å². The van der Waals surface area contributed by atoms with Crippen LogP contribution in [0.15, 0.2) is 18.2 Å². The molecule has 1 aliphatic carbocycles. The van der Waals surface area contributed by atoms with E-state index >= 15 is 0 Å². The van der Waals surface area contributed by atoms with Gasteiger partial charge in [-0.15, -0.1) is 0 Å². The Morgan fingerprint density at radius 2 is 2.10 bits per heavy atom. The van der Waals surface area contributed by atoms with E-state index in [1.807, 2.05) is 0 Å². The molecule has 0 spiro atoms. The predicted octanol–water partition coefficient (Wildman–Crippen LogP) is 3.03. The number of carbonyl (C=O) groups is 1. The molecule has 2 fully saturated rings. The minimum absolute atomic E-state index is 0.0957. The first-order valence-corrected chi connectivity index (χ1v) is 7.25. The first-order valence-electron chi connectivity index (χ1n) is 7.25. The summed E-state index contributed by atoms with van der Waals surface area (Å²) < 4.78 is 19.4. The molecule has 0 unspecified atom stereocenters. The van der Waals surface area contributed by atoms with E-state index in [4.69, 9.17) is 4.74 Å². The lowest BCUT2D eigenvalue weighted by Crippen LogP contribution is -2.48. The van der Waals surface area contributed by atoms with Gasteiger partial charge in [0.05, 0.1) is 12.2 Å². The molecule has 0 amide bonds. The smallest absolute Gasteiger partial charge is 0.161 e. The summed E-state index contributed by atoms with van der Waals surface area (Å²) in [5.74, 6) is 0.196. The second kappa shape index (κ2) is 5.17. The minimum atomic E-state index is -0.362. The average molecular weight is 277 g/mol. The number of hydrogen-bond acceptors (Lipinski definition) is 3. The molecule has 1 aliphatic heterocycles. The van der Waals surface area contributed by atoms with E-state index in [-0.39, 0.29) is 23.8 Å². The number of benzene rings is 1. The van der Waals surface area contributed by atoms with Crippen LogP contribution in [-0.4, -0.2) is 31.1 Å². The van der Waals surface area contributed by atoms with Crippen LogP contribution >= 0.6 is 0 Å². The number of halogens is 1. The largest absolute Gasteiger partial charge is 0.371 e. The Labute approximate surface area is 118 Å². The lowest BCUT2D eigenvalue weighted by molar-refractivity contribution is -0.0271. The molecule has 0 aromatic heterocycles. The molecule has 1 aromatic rings. The third-order valence-electron chi connectivity index (χ3n) is 4.11. The van der Waals surface area contributed by atoms with Gasteiger partial charge >= 0.3 is 0 Å². The Balaban J connectivity index is 1.89. The van der Waals surface area contributed by atoms with Crippen LogP contribution in [0.4, 0.5) is 10.1 Å². The molecule has 108 valence electrons. The number of nitrogens with zero attached hydrogens (tertiary/aromatic N) is 1. The number of hydrogen-bond donors (Lipinski definition) is 0. The van der Waals surface area contributed by atoms with Crippen molar-refractivity contribution >= 4 is 11.5 Å². The molecule has 2 atom stereocenters. The predicted molar refractivity (Wildman–Crippen MR) is 75.7 cm³/mol. The summed E-state index contributed by atoms with van der Waals surface area (Å²) in [6.45, 7) is 5.08. The molecule has 1 heterocycles. The van der Waals surface area contributed by atoms with Gasteiger partial charge in [-0.3, -0.25) is 4.79 Å². The van der Waals surface area contributed by atoms with Crippen molar-refractivity contribution in [1.29, 1.82) is 0 Å². The number of Topliss-reactive ketones (excluding diaryl/α,β-unsaturated/α-hetero) is 1. The summed E-state index contributed by atoms with van der Waals surface area (Å²) in [6, 6.07) is 4.48. The van der Waals surface area contributed by atoms with Crippen LogP contribution < -0.4 is 4.90 Å². The van der Waals surface area contributed by atoms with Gasteiger partial charge in [0.15, 0.2) is 5.78 Å². The highest BCUT2D eigenvalue weighted by Crippen LogP contribution is 2.38. The SMILES string of the molecule is CC(=O)c1cc(F)ccc1N1C[C@@H](C)O[C@H](C2CC2)C1. The van der Waals surface area contributed by atoms with Crippen molar-refractivity contribution in [1.82, 2.24) is 0 Å². The Hall–Kier alpha value is -1.42. The summed E-state index contributed by atoms with van der Waals surface area (Å²) in [4.78, 5) is 13.9. The van der Waals surface area contributed by atoms with Crippen LogP contribution in [0.5, 0.6) is 0 Å². The van der Waals surface area contributed by atoms with Gasteiger partial charge in [-0.05, 0) is 50.8 Å². The van der Waals surface area contributed by atoms with E-state index < -0.39 is 0 Å². The van der Waals surface area contributed by atoms with E-state index in [9.17, 15) is 9.18 Å². The molecule has 1 aromatic carbocycles. The van der Waals surface area contributed by atoms with E-state index in [0.717, 1.165) is 18.8 Å². The zero-order chi connectivity index (χ0) is 14.3. The molecule has 0 N–H and O–H groups in total. The summed E-state index contributed by atoms with van der Waals surface area (Å²) in [6.07, 6.45) is 2.84. The fraction of sp³-hybridized carbons (Fsp3) is 0.562. The second-order valence-electron chi connectivity index (χ2n) is 5.95. The monoisotopic (exact) mass is 277 g/mol. The molecule has 20 heavy (non-hydrogen) atoms. The van der Waals surface area contributed by atoms with Crippen molar-refractivity contribution < 1.29 is 13.9 Å². The lowest BCUT2D eigenvalue weighted by Gasteiger charge is -2.39. The quantitative estimate of drug-likeness (QED) is 0.795. The van der Waals surface area contributed by atoms with Gasteiger partial charge in [-0.1, -0.05) is 0 Å². The number of morpholine rings is 1. The van der Waals surface area contributed by atoms with Gasteiger partial charge in [0.25, 0.3) is 0 Å². The molecule has 3 rings (SSSR count). The van der Waals surface area contributed by atoms with Crippen molar-refractivity contribution in [2.24, 2.45) is 5.92 Å². The van der Waals surface area contributed by atoms with Gasteiger partial charge in [0, 0.05) is 24.3 Å². The van der Waals surface area contributed by atoms with Crippen LogP contribution in [-0.2, 0) is 4.74 Å². The molecule has 0 bridgehead atoms. The Morgan fingerprint density at radius 1 is 1.35 bits per heavy atom. The Kier molecular flexibility index (Phi) is 3.50. The number of rotatable bonds is 3. The fourth-order valence-electron chi connectivity index (χ4n) is 2.98. The summed E-state index contributed by atoms with van der Waals surface area (Å²) in [7, 11) is 0. The molecular weight excluding hydrogens is 257 g/mol. The molecule has 0 radical (unpaired) electrons. The molecule has 1 saturated carbocycles. The van der Waals surface area contributed by atoms with Crippen LogP contribution in [0.25, 0.3) is 0 Å². The zero-order valence-corrected chi connectivity index (χ0v) is 11.9. The molecule has 4 heteroatoms. The molecular formula is C16H20FNO2. The van der Waals surface area contributed by atoms with Crippen molar-refractivity contribution in [3.63, 3.8) is 0 Å². The maximum atomic E-state index is 13.4. The molecule has 3 nitrogen and oxygen atoms in total. The van der Waals surface area contributed by atoms with Crippen LogP contribution in [0.1, 0.15) is 37.0 Å². The van der Waals surface area contributed by atoms with Crippen LogP contribution in [0.3, 0.4) is 0 Å². The van der Waals surface area contributed by atoms with Gasteiger partial charge in [-0.25, -0.2) is 4.39 Å². The van der Waals surface area contributed by atoms with E-state index in [1.54, 1.807) is 6.07 Å². The second-order valence-corrected chi connectivity index (χ2v) is 5.95. The first-order chi connectivity index (χ1) is 9.54. The fourth-order valence-corrected chi connectivity index (χ4v) is 2.98. The standard InChI is InChI=1S/C16H20FNO2/c1-10-8-18(9-16(20-10)12-3-4-12)15-6-5-13(17)7-14(15)11(2)19/h5-7,10,12,16H,3-4,8-9H2,1-2H3/t10-,16+/m1/s1.